The second kappa shape index (κ2) is 7.59. The van der Waals surface area contributed by atoms with Gasteiger partial charge in [0.15, 0.2) is 5.78 Å². The number of rotatable bonds is 4. The van der Waals surface area contributed by atoms with Crippen molar-refractivity contribution in [2.45, 2.75) is 20.8 Å². The van der Waals surface area contributed by atoms with Crippen LogP contribution in [0.25, 0.3) is 0 Å². The number of nitrogens with zero attached hydrogens (tertiary/aromatic N) is 2. The lowest BCUT2D eigenvalue weighted by Gasteiger charge is -2.36. The third-order valence-corrected chi connectivity index (χ3v) is 5.21. The van der Waals surface area contributed by atoms with Crippen LogP contribution >= 0.6 is 11.6 Å². The lowest BCUT2D eigenvalue weighted by Crippen LogP contribution is -2.48. The molecule has 2 aromatic carbocycles. The van der Waals surface area contributed by atoms with Crippen molar-refractivity contribution in [2.75, 3.05) is 37.6 Å². The van der Waals surface area contributed by atoms with Crippen LogP contribution in [0.1, 0.15) is 27.0 Å². The maximum absolute atomic E-state index is 12.8. The number of aryl methyl sites for hydroxylation is 3. The zero-order valence-electron chi connectivity index (χ0n) is 15.2. The van der Waals surface area contributed by atoms with Crippen LogP contribution in [0.4, 0.5) is 5.69 Å². The highest BCUT2D eigenvalue weighted by Gasteiger charge is 2.22. The van der Waals surface area contributed by atoms with Crippen molar-refractivity contribution < 1.29 is 4.79 Å². The van der Waals surface area contributed by atoms with Gasteiger partial charge in [-0.15, -0.1) is 0 Å². The zero-order chi connectivity index (χ0) is 18.0. The molecule has 0 spiro atoms. The number of ketones is 1. The van der Waals surface area contributed by atoms with Gasteiger partial charge in [0.2, 0.25) is 0 Å². The number of carbonyl (C=O) groups is 1. The first-order chi connectivity index (χ1) is 12.0. The second-order valence-corrected chi connectivity index (χ2v) is 7.32. The number of hydrogen-bond donors (Lipinski definition) is 0. The summed E-state index contributed by atoms with van der Waals surface area (Å²) >= 11 is 6.30. The second-order valence-electron chi connectivity index (χ2n) is 6.91. The first-order valence-corrected chi connectivity index (χ1v) is 9.16. The fourth-order valence-electron chi connectivity index (χ4n) is 3.76. The summed E-state index contributed by atoms with van der Waals surface area (Å²) < 4.78 is 0. The van der Waals surface area contributed by atoms with E-state index in [0.29, 0.717) is 6.54 Å². The number of piperazine rings is 1. The maximum Gasteiger partial charge on any atom is 0.177 e. The molecule has 0 bridgehead atoms. The third-order valence-electron chi connectivity index (χ3n) is 4.89. The van der Waals surface area contributed by atoms with Crippen molar-refractivity contribution in [3.05, 3.63) is 63.7 Å². The Morgan fingerprint density at radius 1 is 1.00 bits per heavy atom. The third kappa shape index (κ3) is 4.05. The molecule has 1 aliphatic rings. The lowest BCUT2D eigenvalue weighted by molar-refractivity contribution is 0.0925. The van der Waals surface area contributed by atoms with Crippen molar-refractivity contribution in [3.63, 3.8) is 0 Å². The summed E-state index contributed by atoms with van der Waals surface area (Å²) in [5.74, 6) is 0.223. The highest BCUT2D eigenvalue weighted by Crippen LogP contribution is 2.26. The molecule has 0 saturated carbocycles. The molecule has 0 amide bonds. The van der Waals surface area contributed by atoms with Gasteiger partial charge in [-0.05, 0) is 44.0 Å². The Labute approximate surface area is 155 Å². The van der Waals surface area contributed by atoms with Gasteiger partial charge in [-0.2, -0.15) is 0 Å². The van der Waals surface area contributed by atoms with E-state index in [1.54, 1.807) is 0 Å². The molecule has 3 nitrogen and oxygen atoms in total. The maximum atomic E-state index is 12.8. The van der Waals surface area contributed by atoms with Crippen molar-refractivity contribution in [1.82, 2.24) is 4.90 Å². The minimum Gasteiger partial charge on any atom is -0.368 e. The van der Waals surface area contributed by atoms with E-state index in [2.05, 4.69) is 34.9 Å². The molecule has 1 heterocycles. The predicted octanol–water partition coefficient (Wildman–Crippen LogP) is 4.27. The van der Waals surface area contributed by atoms with Crippen LogP contribution in [0.2, 0.25) is 5.02 Å². The van der Waals surface area contributed by atoms with Crippen LogP contribution in [0, 0.1) is 20.8 Å². The number of hydrogen-bond acceptors (Lipinski definition) is 3. The molecule has 0 radical (unpaired) electrons. The van der Waals surface area contributed by atoms with Crippen molar-refractivity contribution >= 4 is 23.1 Å². The van der Waals surface area contributed by atoms with E-state index < -0.39 is 0 Å². The standard InChI is InChI=1S/C21H25ClN2O/c1-15-12-16(2)21(17(3)13-15)20(25)14-23-8-10-24(11-9-23)19-7-5-4-6-18(19)22/h4-7,12-13H,8-11,14H2,1-3H3. The van der Waals surface area contributed by atoms with Crippen LogP contribution < -0.4 is 4.90 Å². The molecule has 0 unspecified atom stereocenters. The van der Waals surface area contributed by atoms with E-state index in [0.717, 1.165) is 53.6 Å². The molecule has 3 rings (SSSR count). The van der Waals surface area contributed by atoms with Gasteiger partial charge in [0.05, 0.1) is 17.3 Å². The van der Waals surface area contributed by atoms with Crippen LogP contribution in [-0.2, 0) is 0 Å². The van der Waals surface area contributed by atoms with Crippen LogP contribution in [0.3, 0.4) is 0 Å². The number of para-hydroxylation sites is 1. The summed E-state index contributed by atoms with van der Waals surface area (Å²) in [6.07, 6.45) is 0. The fraction of sp³-hybridized carbons (Fsp3) is 0.381. The van der Waals surface area contributed by atoms with Crippen LogP contribution in [-0.4, -0.2) is 43.4 Å². The zero-order valence-corrected chi connectivity index (χ0v) is 15.9. The summed E-state index contributed by atoms with van der Waals surface area (Å²) in [6, 6.07) is 12.1. The van der Waals surface area contributed by atoms with Gasteiger partial charge < -0.3 is 4.90 Å². The Kier molecular flexibility index (Phi) is 5.45. The lowest BCUT2D eigenvalue weighted by atomic mass is 9.96. The van der Waals surface area contributed by atoms with E-state index in [-0.39, 0.29) is 5.78 Å². The Bertz CT molecular complexity index is 756. The molecule has 2 aromatic rings. The SMILES string of the molecule is Cc1cc(C)c(C(=O)CN2CCN(c3ccccc3Cl)CC2)c(C)c1. The van der Waals surface area contributed by atoms with Gasteiger partial charge in [0.1, 0.15) is 0 Å². The molecule has 132 valence electrons. The first kappa shape index (κ1) is 18.0. The molecule has 0 N–H and O–H groups in total. The average Bonchev–Trinajstić information content (AvgIpc) is 2.55. The number of halogens is 1. The molecular formula is C21H25ClN2O. The molecule has 0 aliphatic carbocycles. The number of benzene rings is 2. The van der Waals surface area contributed by atoms with Crippen molar-refractivity contribution in [2.24, 2.45) is 0 Å². The Hall–Kier alpha value is -1.84. The number of anilines is 1. The summed E-state index contributed by atoms with van der Waals surface area (Å²) in [5, 5.41) is 0.790. The number of carbonyl (C=O) groups excluding carboxylic acids is 1. The largest absolute Gasteiger partial charge is 0.368 e. The van der Waals surface area contributed by atoms with E-state index >= 15 is 0 Å². The fourth-order valence-corrected chi connectivity index (χ4v) is 4.01. The van der Waals surface area contributed by atoms with Gasteiger partial charge in [-0.3, -0.25) is 9.69 Å². The highest BCUT2D eigenvalue weighted by atomic mass is 35.5. The van der Waals surface area contributed by atoms with Gasteiger partial charge in [0, 0.05) is 31.7 Å². The van der Waals surface area contributed by atoms with Crippen LogP contribution in [0.15, 0.2) is 36.4 Å². The monoisotopic (exact) mass is 356 g/mol. The minimum absolute atomic E-state index is 0.223. The molecule has 4 heteroatoms. The Morgan fingerprint density at radius 3 is 2.20 bits per heavy atom. The van der Waals surface area contributed by atoms with E-state index in [1.165, 1.54) is 5.56 Å². The first-order valence-electron chi connectivity index (χ1n) is 8.78. The molecule has 0 aromatic heterocycles. The van der Waals surface area contributed by atoms with E-state index in [1.807, 2.05) is 32.0 Å². The highest BCUT2D eigenvalue weighted by molar-refractivity contribution is 6.33. The van der Waals surface area contributed by atoms with Crippen molar-refractivity contribution in [3.8, 4) is 0 Å². The quantitative estimate of drug-likeness (QED) is 0.764. The smallest absolute Gasteiger partial charge is 0.177 e. The van der Waals surface area contributed by atoms with Gasteiger partial charge in [-0.1, -0.05) is 41.4 Å². The summed E-state index contributed by atoms with van der Waals surface area (Å²) in [7, 11) is 0. The minimum atomic E-state index is 0.223. The molecule has 1 saturated heterocycles. The molecule has 25 heavy (non-hydrogen) atoms. The Morgan fingerprint density at radius 2 is 1.60 bits per heavy atom. The normalized spacial score (nSPS) is 15.4. The average molecular weight is 357 g/mol. The van der Waals surface area contributed by atoms with Crippen LogP contribution in [0.5, 0.6) is 0 Å². The molecule has 0 atom stereocenters. The molecule has 1 fully saturated rings. The molecular weight excluding hydrogens is 332 g/mol. The van der Waals surface area contributed by atoms with Gasteiger partial charge in [0.25, 0.3) is 0 Å². The summed E-state index contributed by atoms with van der Waals surface area (Å²) in [4.78, 5) is 17.3. The summed E-state index contributed by atoms with van der Waals surface area (Å²) in [5.41, 5.74) is 5.34. The van der Waals surface area contributed by atoms with Gasteiger partial charge in [-0.25, -0.2) is 0 Å². The topological polar surface area (TPSA) is 23.6 Å². The van der Waals surface area contributed by atoms with Crippen molar-refractivity contribution in [1.29, 1.82) is 0 Å². The van der Waals surface area contributed by atoms with E-state index in [4.69, 9.17) is 11.6 Å². The number of Topliss-reactive ketones (excluding diaryl/α,β-unsaturated/α-hetero) is 1. The van der Waals surface area contributed by atoms with Gasteiger partial charge >= 0.3 is 0 Å². The van der Waals surface area contributed by atoms with E-state index in [9.17, 15) is 4.79 Å². The predicted molar refractivity (Wildman–Crippen MR) is 105 cm³/mol. The molecule has 1 aliphatic heterocycles. The summed E-state index contributed by atoms with van der Waals surface area (Å²) in [6.45, 7) is 10.2. The Balaban J connectivity index is 1.63.